The van der Waals surface area contributed by atoms with E-state index in [2.05, 4.69) is 22.6 Å². The zero-order valence-corrected chi connectivity index (χ0v) is 9.98. The number of ether oxygens (including phenoxy) is 1. The molecule has 1 N–H and O–H groups in total. The fourth-order valence-electron chi connectivity index (χ4n) is 1.76. The van der Waals surface area contributed by atoms with Gasteiger partial charge >= 0.3 is 0 Å². The van der Waals surface area contributed by atoms with Crippen LogP contribution >= 0.6 is 11.3 Å². The molecule has 0 aromatic carbocycles. The smallest absolute Gasteiger partial charge is 0.182 e. The normalized spacial score (nSPS) is 20.7. The zero-order valence-electron chi connectivity index (χ0n) is 9.16. The molecule has 1 aromatic rings. The molecule has 1 saturated heterocycles. The Balaban J connectivity index is 1.68. The van der Waals surface area contributed by atoms with Gasteiger partial charge in [-0.3, -0.25) is 0 Å². The fourth-order valence-corrected chi connectivity index (χ4v) is 2.59. The second kappa shape index (κ2) is 5.47. The highest BCUT2D eigenvalue weighted by Gasteiger charge is 2.14. The Morgan fingerprint density at radius 2 is 2.60 bits per heavy atom. The molecule has 1 atom stereocenters. The summed E-state index contributed by atoms with van der Waals surface area (Å²) in [7, 11) is 0. The Labute approximate surface area is 94.9 Å². The standard InChI is InChI=1S/C11H18N2OS/c1-2-9-8-15-11(13-9)12-6-5-10-4-3-7-14-10/h8,10H,2-7H2,1H3,(H,12,13). The maximum absolute atomic E-state index is 5.56. The molecule has 0 amide bonds. The molecule has 1 aromatic heterocycles. The summed E-state index contributed by atoms with van der Waals surface area (Å²) in [5.41, 5.74) is 1.18. The number of nitrogens with one attached hydrogen (secondary N) is 1. The van der Waals surface area contributed by atoms with Crippen LogP contribution in [0.3, 0.4) is 0 Å². The molecule has 2 heterocycles. The topological polar surface area (TPSA) is 34.1 Å². The van der Waals surface area contributed by atoms with Crippen molar-refractivity contribution >= 4 is 16.5 Å². The molecule has 0 saturated carbocycles. The minimum absolute atomic E-state index is 0.475. The number of aromatic nitrogens is 1. The van der Waals surface area contributed by atoms with Crippen LogP contribution in [0.1, 0.15) is 31.9 Å². The Hall–Kier alpha value is -0.610. The number of thiazole rings is 1. The fraction of sp³-hybridized carbons (Fsp3) is 0.727. The number of rotatable bonds is 5. The predicted octanol–water partition coefficient (Wildman–Crippen LogP) is 2.69. The van der Waals surface area contributed by atoms with Crippen molar-refractivity contribution in [2.45, 2.75) is 38.7 Å². The summed E-state index contributed by atoms with van der Waals surface area (Å²) < 4.78 is 5.56. The summed E-state index contributed by atoms with van der Waals surface area (Å²) in [6.45, 7) is 4.05. The van der Waals surface area contributed by atoms with Crippen molar-refractivity contribution < 1.29 is 4.74 Å². The summed E-state index contributed by atoms with van der Waals surface area (Å²) in [6.07, 6.45) is 5.04. The van der Waals surface area contributed by atoms with E-state index < -0.39 is 0 Å². The molecule has 1 aliphatic rings. The SMILES string of the molecule is CCc1csc(NCCC2CCCO2)n1. The first-order valence-electron chi connectivity index (χ1n) is 5.68. The highest BCUT2D eigenvalue weighted by Crippen LogP contribution is 2.18. The second-order valence-electron chi connectivity index (χ2n) is 3.85. The summed E-state index contributed by atoms with van der Waals surface area (Å²) in [4.78, 5) is 4.46. The van der Waals surface area contributed by atoms with Gasteiger partial charge in [0.25, 0.3) is 0 Å². The summed E-state index contributed by atoms with van der Waals surface area (Å²) in [6, 6.07) is 0. The van der Waals surface area contributed by atoms with Crippen molar-refractivity contribution in [3.63, 3.8) is 0 Å². The van der Waals surface area contributed by atoms with Gasteiger partial charge in [-0.15, -0.1) is 11.3 Å². The minimum Gasteiger partial charge on any atom is -0.378 e. The number of nitrogens with zero attached hydrogens (tertiary/aromatic N) is 1. The van der Waals surface area contributed by atoms with Crippen LogP contribution in [0.25, 0.3) is 0 Å². The Morgan fingerprint density at radius 3 is 3.27 bits per heavy atom. The third-order valence-corrected chi connectivity index (χ3v) is 3.53. The number of hydrogen-bond donors (Lipinski definition) is 1. The number of anilines is 1. The third-order valence-electron chi connectivity index (χ3n) is 2.68. The van der Waals surface area contributed by atoms with Crippen molar-refractivity contribution in [2.75, 3.05) is 18.5 Å². The third kappa shape index (κ3) is 3.18. The first kappa shape index (κ1) is 10.9. The van der Waals surface area contributed by atoms with Crippen molar-refractivity contribution in [2.24, 2.45) is 0 Å². The number of aryl methyl sites for hydroxylation is 1. The van der Waals surface area contributed by atoms with E-state index in [-0.39, 0.29) is 0 Å². The van der Waals surface area contributed by atoms with Gasteiger partial charge in [0, 0.05) is 18.5 Å². The molecule has 1 aliphatic heterocycles. The monoisotopic (exact) mass is 226 g/mol. The Kier molecular flexibility index (Phi) is 3.97. The average Bonchev–Trinajstić information content (AvgIpc) is 2.88. The van der Waals surface area contributed by atoms with E-state index in [9.17, 15) is 0 Å². The average molecular weight is 226 g/mol. The highest BCUT2D eigenvalue weighted by atomic mass is 32.1. The van der Waals surface area contributed by atoms with Gasteiger partial charge in [0.05, 0.1) is 11.8 Å². The summed E-state index contributed by atoms with van der Waals surface area (Å²) >= 11 is 1.69. The van der Waals surface area contributed by atoms with E-state index in [0.717, 1.165) is 31.1 Å². The van der Waals surface area contributed by atoms with Crippen LogP contribution in [0.2, 0.25) is 0 Å². The molecular formula is C11H18N2OS. The van der Waals surface area contributed by atoms with Crippen LogP contribution in [0.15, 0.2) is 5.38 Å². The van der Waals surface area contributed by atoms with Crippen LogP contribution in [0, 0.1) is 0 Å². The van der Waals surface area contributed by atoms with Crippen LogP contribution < -0.4 is 5.32 Å². The quantitative estimate of drug-likeness (QED) is 0.838. The van der Waals surface area contributed by atoms with E-state index in [1.807, 2.05) is 0 Å². The van der Waals surface area contributed by atoms with Gasteiger partial charge in [-0.05, 0) is 25.7 Å². The molecule has 1 unspecified atom stereocenters. The lowest BCUT2D eigenvalue weighted by atomic mass is 10.2. The lowest BCUT2D eigenvalue weighted by molar-refractivity contribution is 0.107. The van der Waals surface area contributed by atoms with Gasteiger partial charge in [-0.1, -0.05) is 6.92 Å². The molecule has 0 aliphatic carbocycles. The predicted molar refractivity (Wildman–Crippen MR) is 63.6 cm³/mol. The lowest BCUT2D eigenvalue weighted by Gasteiger charge is -2.08. The van der Waals surface area contributed by atoms with E-state index in [4.69, 9.17) is 4.74 Å². The molecule has 4 heteroatoms. The van der Waals surface area contributed by atoms with Crippen molar-refractivity contribution in [1.29, 1.82) is 0 Å². The van der Waals surface area contributed by atoms with Crippen molar-refractivity contribution in [1.82, 2.24) is 4.98 Å². The molecule has 0 radical (unpaired) electrons. The van der Waals surface area contributed by atoms with Gasteiger partial charge in [-0.25, -0.2) is 4.98 Å². The van der Waals surface area contributed by atoms with Gasteiger partial charge in [0.2, 0.25) is 0 Å². The van der Waals surface area contributed by atoms with E-state index in [1.54, 1.807) is 11.3 Å². The molecule has 15 heavy (non-hydrogen) atoms. The van der Waals surface area contributed by atoms with Gasteiger partial charge in [0.1, 0.15) is 0 Å². The summed E-state index contributed by atoms with van der Waals surface area (Å²) in [5, 5.41) is 6.52. The molecular weight excluding hydrogens is 208 g/mol. The first-order chi connectivity index (χ1) is 7.38. The van der Waals surface area contributed by atoms with Crippen LogP contribution in [0.5, 0.6) is 0 Å². The Bertz CT molecular complexity index is 295. The van der Waals surface area contributed by atoms with E-state index in [1.165, 1.54) is 18.5 Å². The van der Waals surface area contributed by atoms with Crippen LogP contribution in [0.4, 0.5) is 5.13 Å². The van der Waals surface area contributed by atoms with Gasteiger partial charge in [-0.2, -0.15) is 0 Å². The second-order valence-corrected chi connectivity index (χ2v) is 4.71. The first-order valence-corrected chi connectivity index (χ1v) is 6.56. The van der Waals surface area contributed by atoms with Gasteiger partial charge in [0.15, 0.2) is 5.13 Å². The molecule has 0 spiro atoms. The molecule has 0 bridgehead atoms. The maximum atomic E-state index is 5.56. The zero-order chi connectivity index (χ0) is 10.5. The summed E-state index contributed by atoms with van der Waals surface area (Å²) in [5.74, 6) is 0. The number of hydrogen-bond acceptors (Lipinski definition) is 4. The van der Waals surface area contributed by atoms with Crippen LogP contribution in [-0.4, -0.2) is 24.2 Å². The van der Waals surface area contributed by atoms with Crippen LogP contribution in [-0.2, 0) is 11.2 Å². The lowest BCUT2D eigenvalue weighted by Crippen LogP contribution is -2.12. The molecule has 3 nitrogen and oxygen atoms in total. The minimum atomic E-state index is 0.475. The van der Waals surface area contributed by atoms with Crippen molar-refractivity contribution in [3.05, 3.63) is 11.1 Å². The molecule has 2 rings (SSSR count). The Morgan fingerprint density at radius 1 is 1.67 bits per heavy atom. The largest absolute Gasteiger partial charge is 0.378 e. The van der Waals surface area contributed by atoms with Crippen molar-refractivity contribution in [3.8, 4) is 0 Å². The van der Waals surface area contributed by atoms with E-state index in [0.29, 0.717) is 6.10 Å². The molecule has 84 valence electrons. The molecule has 1 fully saturated rings. The van der Waals surface area contributed by atoms with E-state index >= 15 is 0 Å². The highest BCUT2D eigenvalue weighted by molar-refractivity contribution is 7.13. The maximum Gasteiger partial charge on any atom is 0.182 e. The van der Waals surface area contributed by atoms with Gasteiger partial charge < -0.3 is 10.1 Å².